The lowest BCUT2D eigenvalue weighted by Crippen LogP contribution is -2.44. The van der Waals surface area contributed by atoms with Gasteiger partial charge in [0.2, 0.25) is 0 Å². The topological polar surface area (TPSA) is 50.8 Å². The first kappa shape index (κ1) is 21.6. The Kier molecular flexibility index (Phi) is 7.92. The molecule has 1 unspecified atom stereocenters. The fraction of sp³-hybridized carbons (Fsp3) is 0.435. The third-order valence-corrected chi connectivity index (χ3v) is 5.25. The fourth-order valence-corrected chi connectivity index (χ4v) is 3.59. The summed E-state index contributed by atoms with van der Waals surface area (Å²) in [4.78, 5) is 15.0. The number of morpholine rings is 1. The van der Waals surface area contributed by atoms with Crippen LogP contribution in [0.1, 0.15) is 35.8 Å². The molecule has 1 fully saturated rings. The first-order valence-electron chi connectivity index (χ1n) is 10.1. The lowest BCUT2D eigenvalue weighted by Gasteiger charge is -2.35. The Morgan fingerprint density at radius 1 is 1.14 bits per heavy atom. The molecule has 0 radical (unpaired) electrons. The molecule has 0 aliphatic carbocycles. The molecule has 156 valence electrons. The first-order valence-corrected chi connectivity index (χ1v) is 10.5. The molecular weight excluding hydrogens is 388 g/mol. The number of nitrogens with one attached hydrogen (secondary N) is 1. The zero-order chi connectivity index (χ0) is 20.6. The van der Waals surface area contributed by atoms with Crippen LogP contribution in [0.4, 0.5) is 0 Å². The Morgan fingerprint density at radius 2 is 1.83 bits per heavy atom. The van der Waals surface area contributed by atoms with E-state index in [0.717, 1.165) is 24.4 Å². The van der Waals surface area contributed by atoms with Gasteiger partial charge in [0.1, 0.15) is 5.75 Å². The first-order chi connectivity index (χ1) is 14.0. The number of ether oxygens (including phenoxy) is 2. The number of benzene rings is 2. The van der Waals surface area contributed by atoms with Crippen LogP contribution in [0.3, 0.4) is 0 Å². The van der Waals surface area contributed by atoms with E-state index in [9.17, 15) is 4.79 Å². The highest BCUT2D eigenvalue weighted by atomic mass is 35.5. The highest BCUT2D eigenvalue weighted by molar-refractivity contribution is 6.31. The standard InChI is InChI=1S/C23H29ClN2O3/c1-17(2)16-29-19-9-7-18(8-10-19)23(27)25-15-22(26-11-13-28-14-12-26)20-5-3-4-6-21(20)24/h3-10,17,22H,11-16H2,1-2H3,(H,25,27). The van der Waals surface area contributed by atoms with Gasteiger partial charge in [0.05, 0.1) is 25.9 Å². The van der Waals surface area contributed by atoms with Gasteiger partial charge in [-0.05, 0) is 41.8 Å². The summed E-state index contributed by atoms with van der Waals surface area (Å²) < 4.78 is 11.2. The van der Waals surface area contributed by atoms with Crippen molar-refractivity contribution in [2.24, 2.45) is 5.92 Å². The number of carbonyl (C=O) groups excluding carboxylic acids is 1. The molecule has 0 saturated carbocycles. The average Bonchev–Trinajstić information content (AvgIpc) is 2.74. The van der Waals surface area contributed by atoms with Crippen LogP contribution in [-0.4, -0.2) is 50.3 Å². The Balaban J connectivity index is 1.65. The maximum atomic E-state index is 12.7. The zero-order valence-electron chi connectivity index (χ0n) is 17.1. The molecule has 2 aromatic carbocycles. The molecule has 0 bridgehead atoms. The Hall–Kier alpha value is -2.08. The van der Waals surface area contributed by atoms with E-state index in [4.69, 9.17) is 21.1 Å². The highest BCUT2D eigenvalue weighted by Gasteiger charge is 2.25. The Bertz CT molecular complexity index is 789. The van der Waals surface area contributed by atoms with E-state index in [1.54, 1.807) is 12.1 Å². The molecular formula is C23H29ClN2O3. The predicted octanol–water partition coefficient (Wildman–Crippen LogP) is 4.18. The summed E-state index contributed by atoms with van der Waals surface area (Å²) in [6.07, 6.45) is 0. The van der Waals surface area contributed by atoms with Gasteiger partial charge in [0, 0.05) is 30.2 Å². The van der Waals surface area contributed by atoms with Gasteiger partial charge in [0.25, 0.3) is 5.91 Å². The van der Waals surface area contributed by atoms with E-state index in [-0.39, 0.29) is 11.9 Å². The summed E-state index contributed by atoms with van der Waals surface area (Å²) in [5.41, 5.74) is 1.63. The van der Waals surface area contributed by atoms with E-state index in [1.807, 2.05) is 36.4 Å². The Morgan fingerprint density at radius 3 is 2.48 bits per heavy atom. The summed E-state index contributed by atoms with van der Waals surface area (Å²) in [5, 5.41) is 3.78. The average molecular weight is 417 g/mol. The molecule has 1 saturated heterocycles. The van der Waals surface area contributed by atoms with Crippen LogP contribution in [0.25, 0.3) is 0 Å². The molecule has 1 aliphatic heterocycles. The van der Waals surface area contributed by atoms with Gasteiger partial charge in [0.15, 0.2) is 0 Å². The van der Waals surface area contributed by atoms with Gasteiger partial charge >= 0.3 is 0 Å². The molecule has 0 spiro atoms. The van der Waals surface area contributed by atoms with Crippen LogP contribution >= 0.6 is 11.6 Å². The van der Waals surface area contributed by atoms with Crippen LogP contribution in [-0.2, 0) is 4.74 Å². The van der Waals surface area contributed by atoms with Crippen molar-refractivity contribution in [1.82, 2.24) is 10.2 Å². The summed E-state index contributed by atoms with van der Waals surface area (Å²) in [6.45, 7) is 8.34. The molecule has 3 rings (SSSR count). The van der Waals surface area contributed by atoms with Crippen molar-refractivity contribution in [3.63, 3.8) is 0 Å². The smallest absolute Gasteiger partial charge is 0.251 e. The molecule has 1 aliphatic rings. The summed E-state index contributed by atoms with van der Waals surface area (Å²) in [6, 6.07) is 15.1. The van der Waals surface area contributed by atoms with Crippen molar-refractivity contribution in [2.75, 3.05) is 39.5 Å². The van der Waals surface area contributed by atoms with Crippen LogP contribution < -0.4 is 10.1 Å². The molecule has 1 atom stereocenters. The van der Waals surface area contributed by atoms with Crippen LogP contribution in [0, 0.1) is 5.92 Å². The third kappa shape index (κ3) is 6.20. The van der Waals surface area contributed by atoms with Crippen molar-refractivity contribution >= 4 is 17.5 Å². The number of rotatable bonds is 8. The predicted molar refractivity (Wildman–Crippen MR) is 116 cm³/mol. The van der Waals surface area contributed by atoms with Crippen LogP contribution in [0.15, 0.2) is 48.5 Å². The number of amides is 1. The van der Waals surface area contributed by atoms with Crippen LogP contribution in [0.5, 0.6) is 5.75 Å². The van der Waals surface area contributed by atoms with E-state index in [2.05, 4.69) is 24.1 Å². The number of nitrogens with zero attached hydrogens (tertiary/aromatic N) is 1. The number of carbonyl (C=O) groups is 1. The molecule has 5 nitrogen and oxygen atoms in total. The molecule has 29 heavy (non-hydrogen) atoms. The monoisotopic (exact) mass is 416 g/mol. The molecule has 0 aromatic heterocycles. The van der Waals surface area contributed by atoms with Gasteiger partial charge in [-0.2, -0.15) is 0 Å². The second kappa shape index (κ2) is 10.6. The maximum absolute atomic E-state index is 12.7. The van der Waals surface area contributed by atoms with Crippen molar-refractivity contribution in [3.8, 4) is 5.75 Å². The molecule has 1 amide bonds. The third-order valence-electron chi connectivity index (χ3n) is 4.91. The van der Waals surface area contributed by atoms with E-state index < -0.39 is 0 Å². The normalized spacial score (nSPS) is 15.9. The lowest BCUT2D eigenvalue weighted by molar-refractivity contribution is 0.0162. The number of halogens is 1. The maximum Gasteiger partial charge on any atom is 0.251 e. The second-order valence-corrected chi connectivity index (χ2v) is 8.03. The van der Waals surface area contributed by atoms with Gasteiger partial charge in [-0.25, -0.2) is 0 Å². The summed E-state index contributed by atoms with van der Waals surface area (Å²) in [5.74, 6) is 1.13. The molecule has 6 heteroatoms. The SMILES string of the molecule is CC(C)COc1ccc(C(=O)NCC(c2ccccc2Cl)N2CCOCC2)cc1. The number of hydrogen-bond donors (Lipinski definition) is 1. The molecule has 2 aromatic rings. The zero-order valence-corrected chi connectivity index (χ0v) is 17.8. The van der Waals surface area contributed by atoms with Crippen molar-refractivity contribution in [2.45, 2.75) is 19.9 Å². The number of hydrogen-bond acceptors (Lipinski definition) is 4. The minimum Gasteiger partial charge on any atom is -0.493 e. The second-order valence-electron chi connectivity index (χ2n) is 7.62. The van der Waals surface area contributed by atoms with Gasteiger partial charge < -0.3 is 14.8 Å². The fourth-order valence-electron chi connectivity index (χ4n) is 3.33. The van der Waals surface area contributed by atoms with Crippen molar-refractivity contribution < 1.29 is 14.3 Å². The minimum atomic E-state index is -0.106. The van der Waals surface area contributed by atoms with E-state index in [1.165, 1.54) is 0 Å². The van der Waals surface area contributed by atoms with Gasteiger partial charge in [-0.3, -0.25) is 9.69 Å². The summed E-state index contributed by atoms with van der Waals surface area (Å²) >= 11 is 6.46. The summed E-state index contributed by atoms with van der Waals surface area (Å²) in [7, 11) is 0. The van der Waals surface area contributed by atoms with Gasteiger partial charge in [-0.15, -0.1) is 0 Å². The molecule has 1 N–H and O–H groups in total. The van der Waals surface area contributed by atoms with Crippen molar-refractivity contribution in [3.05, 3.63) is 64.7 Å². The van der Waals surface area contributed by atoms with E-state index >= 15 is 0 Å². The lowest BCUT2D eigenvalue weighted by atomic mass is 10.0. The van der Waals surface area contributed by atoms with Crippen LogP contribution in [0.2, 0.25) is 5.02 Å². The Labute approximate surface area is 177 Å². The van der Waals surface area contributed by atoms with E-state index in [0.29, 0.717) is 42.9 Å². The molecule has 1 heterocycles. The highest BCUT2D eigenvalue weighted by Crippen LogP contribution is 2.28. The minimum absolute atomic E-state index is 0.00481. The largest absolute Gasteiger partial charge is 0.493 e. The van der Waals surface area contributed by atoms with Gasteiger partial charge in [-0.1, -0.05) is 43.6 Å². The van der Waals surface area contributed by atoms with Crippen molar-refractivity contribution in [1.29, 1.82) is 0 Å². The quantitative estimate of drug-likeness (QED) is 0.701.